The molecule has 0 amide bonds. The Kier molecular flexibility index (Phi) is 4.73. The minimum absolute atomic E-state index is 0.0606. The summed E-state index contributed by atoms with van der Waals surface area (Å²) < 4.78 is 5.58. The quantitative estimate of drug-likeness (QED) is 0.781. The molecule has 3 heteroatoms. The molecule has 0 spiro atoms. The van der Waals surface area contributed by atoms with Crippen molar-refractivity contribution in [3.05, 3.63) is 58.9 Å². The number of carbonyl (C=O) groups excluding carboxylic acids is 1. The van der Waals surface area contributed by atoms with Gasteiger partial charge in [-0.15, -0.1) is 0 Å². The van der Waals surface area contributed by atoms with E-state index in [1.807, 2.05) is 27.7 Å². The lowest BCUT2D eigenvalue weighted by Gasteiger charge is -2.10. The van der Waals surface area contributed by atoms with Gasteiger partial charge in [0.05, 0.1) is 12.3 Å². The van der Waals surface area contributed by atoms with Crippen LogP contribution in [0.4, 0.5) is 0 Å². The zero-order valence-electron chi connectivity index (χ0n) is 13.0. The number of nitrogens with zero attached hydrogens (tertiary/aromatic N) is 1. The fourth-order valence-electron chi connectivity index (χ4n) is 2.17. The van der Waals surface area contributed by atoms with Gasteiger partial charge in [-0.2, -0.15) is 0 Å². The van der Waals surface area contributed by atoms with E-state index in [4.69, 9.17) is 4.74 Å². The molecule has 0 radical (unpaired) electrons. The predicted octanol–water partition coefficient (Wildman–Crippen LogP) is 3.91. The summed E-state index contributed by atoms with van der Waals surface area (Å²) in [5, 5.41) is 0. The number of hydrogen-bond acceptors (Lipinski definition) is 3. The number of Topliss-reactive ketones (excluding diaryl/α,β-unsaturated/α-hetero) is 1. The van der Waals surface area contributed by atoms with Crippen LogP contribution in [0.5, 0.6) is 5.75 Å². The number of pyridine rings is 1. The number of carbonyl (C=O) groups is 1. The molecule has 0 atom stereocenters. The molecule has 0 saturated heterocycles. The average Bonchev–Trinajstić information content (AvgIpc) is 2.42. The van der Waals surface area contributed by atoms with Crippen LogP contribution >= 0.6 is 0 Å². The van der Waals surface area contributed by atoms with Crippen LogP contribution in [0.1, 0.15) is 40.9 Å². The monoisotopic (exact) mass is 283 g/mol. The Labute approximate surface area is 126 Å². The molecule has 0 aliphatic heterocycles. The highest BCUT2D eigenvalue weighted by Gasteiger charge is 2.11. The molecule has 0 aliphatic rings. The van der Waals surface area contributed by atoms with Gasteiger partial charge in [-0.25, -0.2) is 0 Å². The van der Waals surface area contributed by atoms with E-state index < -0.39 is 0 Å². The summed E-state index contributed by atoms with van der Waals surface area (Å²) in [7, 11) is 0. The third-order valence-corrected chi connectivity index (χ3v) is 3.26. The molecule has 110 valence electrons. The number of aryl methyl sites for hydroxylation is 2. The highest BCUT2D eigenvalue weighted by molar-refractivity contribution is 5.97. The van der Waals surface area contributed by atoms with Crippen LogP contribution in [0, 0.1) is 13.8 Å². The van der Waals surface area contributed by atoms with Crippen LogP contribution in [0.2, 0.25) is 0 Å². The summed E-state index contributed by atoms with van der Waals surface area (Å²) in [6.45, 7) is 7.96. The Hall–Kier alpha value is -2.16. The van der Waals surface area contributed by atoms with Gasteiger partial charge < -0.3 is 4.74 Å². The van der Waals surface area contributed by atoms with Crippen molar-refractivity contribution >= 4 is 5.78 Å². The zero-order chi connectivity index (χ0) is 15.4. The van der Waals surface area contributed by atoms with Crippen molar-refractivity contribution in [1.29, 1.82) is 0 Å². The number of aromatic nitrogens is 1. The van der Waals surface area contributed by atoms with Crippen molar-refractivity contribution in [1.82, 2.24) is 4.98 Å². The Balaban J connectivity index is 2.18. The summed E-state index contributed by atoms with van der Waals surface area (Å²) in [4.78, 5) is 16.5. The first kappa shape index (κ1) is 15.2. The second-order valence-electron chi connectivity index (χ2n) is 5.61. The summed E-state index contributed by atoms with van der Waals surface area (Å²) in [6.07, 6.45) is 3.69. The minimum Gasteiger partial charge on any atom is -0.489 e. The second kappa shape index (κ2) is 6.53. The van der Waals surface area contributed by atoms with Crippen molar-refractivity contribution in [2.45, 2.75) is 40.2 Å². The number of rotatable bonds is 5. The van der Waals surface area contributed by atoms with E-state index in [-0.39, 0.29) is 11.9 Å². The lowest BCUT2D eigenvalue weighted by Crippen LogP contribution is -2.09. The molecule has 0 unspecified atom stereocenters. The van der Waals surface area contributed by atoms with Crippen LogP contribution in [0.3, 0.4) is 0 Å². The molecule has 1 aromatic heterocycles. The molecule has 2 rings (SSSR count). The van der Waals surface area contributed by atoms with Gasteiger partial charge in [0.1, 0.15) is 5.75 Å². The number of hydrogen-bond donors (Lipinski definition) is 0. The fourth-order valence-corrected chi connectivity index (χ4v) is 2.17. The lowest BCUT2D eigenvalue weighted by molar-refractivity contribution is 0.0991. The van der Waals surface area contributed by atoms with E-state index in [0.717, 1.165) is 11.1 Å². The van der Waals surface area contributed by atoms with Gasteiger partial charge >= 0.3 is 0 Å². The largest absolute Gasteiger partial charge is 0.489 e. The first-order valence-electron chi connectivity index (χ1n) is 7.16. The van der Waals surface area contributed by atoms with Gasteiger partial charge in [0.2, 0.25) is 0 Å². The maximum atomic E-state index is 12.4. The highest BCUT2D eigenvalue weighted by Crippen LogP contribution is 2.17. The second-order valence-corrected chi connectivity index (χ2v) is 5.61. The summed E-state index contributed by atoms with van der Waals surface area (Å²) in [5.41, 5.74) is 3.96. The average molecular weight is 283 g/mol. The van der Waals surface area contributed by atoms with Gasteiger partial charge in [0, 0.05) is 18.2 Å². The Morgan fingerprint density at radius 3 is 2.67 bits per heavy atom. The number of ether oxygens (including phenoxy) is 1. The smallest absolute Gasteiger partial charge is 0.168 e. The first-order valence-corrected chi connectivity index (χ1v) is 7.16. The molecule has 21 heavy (non-hydrogen) atoms. The summed E-state index contributed by atoms with van der Waals surface area (Å²) in [5.74, 6) is 0.697. The number of benzene rings is 1. The van der Waals surface area contributed by atoms with Crippen molar-refractivity contribution in [2.75, 3.05) is 0 Å². The van der Waals surface area contributed by atoms with Crippen LogP contribution in [-0.4, -0.2) is 16.9 Å². The SMILES string of the molecule is Cc1ccc(C)c(CC(=O)c2cncc(OC(C)C)c2)c1. The normalized spacial score (nSPS) is 10.7. The van der Waals surface area contributed by atoms with E-state index in [2.05, 4.69) is 23.2 Å². The molecule has 0 N–H and O–H groups in total. The van der Waals surface area contributed by atoms with Gasteiger partial charge in [0.25, 0.3) is 0 Å². The van der Waals surface area contributed by atoms with Crippen molar-refractivity contribution < 1.29 is 9.53 Å². The predicted molar refractivity (Wildman–Crippen MR) is 84.0 cm³/mol. The van der Waals surface area contributed by atoms with Crippen molar-refractivity contribution in [2.24, 2.45) is 0 Å². The Bertz CT molecular complexity index is 647. The third kappa shape index (κ3) is 4.15. The fraction of sp³-hybridized carbons (Fsp3) is 0.333. The molecule has 0 bridgehead atoms. The first-order chi connectivity index (χ1) is 9.95. The molecular weight excluding hydrogens is 262 g/mol. The Morgan fingerprint density at radius 2 is 1.95 bits per heavy atom. The Morgan fingerprint density at radius 1 is 1.19 bits per heavy atom. The van der Waals surface area contributed by atoms with Crippen LogP contribution < -0.4 is 4.74 Å². The van der Waals surface area contributed by atoms with Crippen LogP contribution in [0.25, 0.3) is 0 Å². The topological polar surface area (TPSA) is 39.2 Å². The van der Waals surface area contributed by atoms with Gasteiger partial charge in [-0.1, -0.05) is 23.8 Å². The molecule has 2 aromatic rings. The third-order valence-electron chi connectivity index (χ3n) is 3.26. The standard InChI is InChI=1S/C18H21NO2/c1-12(2)21-17-8-16(10-19-11-17)18(20)9-15-7-13(3)5-6-14(15)4/h5-8,10-12H,9H2,1-4H3. The highest BCUT2D eigenvalue weighted by atomic mass is 16.5. The van der Waals surface area contributed by atoms with Crippen molar-refractivity contribution in [3.63, 3.8) is 0 Å². The maximum absolute atomic E-state index is 12.4. The lowest BCUT2D eigenvalue weighted by atomic mass is 9.98. The van der Waals surface area contributed by atoms with Gasteiger partial charge in [-0.05, 0) is 44.9 Å². The molecule has 0 saturated carbocycles. The van der Waals surface area contributed by atoms with Crippen LogP contribution in [-0.2, 0) is 6.42 Å². The number of ketones is 1. The minimum atomic E-state index is 0.0606. The molecule has 0 fully saturated rings. The summed E-state index contributed by atoms with van der Waals surface area (Å²) >= 11 is 0. The van der Waals surface area contributed by atoms with E-state index in [1.165, 1.54) is 5.56 Å². The van der Waals surface area contributed by atoms with E-state index >= 15 is 0 Å². The van der Waals surface area contributed by atoms with Crippen LogP contribution in [0.15, 0.2) is 36.7 Å². The molecule has 1 aromatic carbocycles. The molecular formula is C18H21NO2. The van der Waals surface area contributed by atoms with E-state index in [9.17, 15) is 4.79 Å². The van der Waals surface area contributed by atoms with Crippen molar-refractivity contribution in [3.8, 4) is 5.75 Å². The molecule has 0 aliphatic carbocycles. The maximum Gasteiger partial charge on any atom is 0.168 e. The zero-order valence-corrected chi connectivity index (χ0v) is 13.0. The molecule has 3 nitrogen and oxygen atoms in total. The van der Waals surface area contributed by atoms with Gasteiger partial charge in [-0.3, -0.25) is 9.78 Å². The summed E-state index contributed by atoms with van der Waals surface area (Å²) in [6, 6.07) is 7.94. The molecule has 1 heterocycles. The van der Waals surface area contributed by atoms with Gasteiger partial charge in [0.15, 0.2) is 5.78 Å². The van der Waals surface area contributed by atoms with E-state index in [1.54, 1.807) is 18.5 Å². The van der Waals surface area contributed by atoms with E-state index in [0.29, 0.717) is 17.7 Å².